The van der Waals surface area contributed by atoms with E-state index in [1.54, 1.807) is 12.3 Å². The molecular formula is C13H18F3N5. The normalized spacial score (nSPS) is 17.9. The summed E-state index contributed by atoms with van der Waals surface area (Å²) in [5.74, 6) is -0.0960. The van der Waals surface area contributed by atoms with Gasteiger partial charge in [-0.2, -0.15) is 13.2 Å². The number of pyridine rings is 1. The van der Waals surface area contributed by atoms with Crippen molar-refractivity contribution >= 4 is 5.84 Å². The minimum absolute atomic E-state index is 0.0960. The topological polar surface area (TPSA) is 69.2 Å². The van der Waals surface area contributed by atoms with Crippen LogP contribution in [0, 0.1) is 5.41 Å². The van der Waals surface area contributed by atoms with Gasteiger partial charge in [-0.1, -0.05) is 6.07 Å². The number of nitrogens with two attached hydrogens (primary N) is 1. The predicted molar refractivity (Wildman–Crippen MR) is 73.0 cm³/mol. The number of nitrogens with zero attached hydrogens (tertiary/aromatic N) is 3. The van der Waals surface area contributed by atoms with Gasteiger partial charge in [0.1, 0.15) is 11.5 Å². The molecule has 0 amide bonds. The maximum Gasteiger partial charge on any atom is 0.401 e. The van der Waals surface area contributed by atoms with E-state index in [2.05, 4.69) is 9.88 Å². The first-order chi connectivity index (χ1) is 9.85. The van der Waals surface area contributed by atoms with E-state index in [1.165, 1.54) is 4.90 Å². The van der Waals surface area contributed by atoms with Crippen molar-refractivity contribution in [1.29, 1.82) is 5.41 Å². The molecule has 0 spiro atoms. The molecule has 1 aromatic rings. The summed E-state index contributed by atoms with van der Waals surface area (Å²) in [6, 6.07) is 3.60. The fourth-order valence-electron chi connectivity index (χ4n) is 2.41. The maximum atomic E-state index is 12.3. The van der Waals surface area contributed by atoms with Crippen LogP contribution >= 0.6 is 0 Å². The Morgan fingerprint density at radius 2 is 1.86 bits per heavy atom. The highest BCUT2D eigenvalue weighted by Crippen LogP contribution is 2.18. The van der Waals surface area contributed by atoms with Gasteiger partial charge in [-0.15, -0.1) is 0 Å². The second kappa shape index (κ2) is 6.40. The average Bonchev–Trinajstić information content (AvgIpc) is 2.40. The predicted octanol–water partition coefficient (Wildman–Crippen LogP) is 1.05. The highest BCUT2D eigenvalue weighted by atomic mass is 19.4. The number of alkyl halides is 3. The summed E-state index contributed by atoms with van der Waals surface area (Å²) in [6.07, 6.45) is -2.57. The van der Waals surface area contributed by atoms with Gasteiger partial charge in [0.25, 0.3) is 0 Å². The SMILES string of the molecule is N=C(N)c1ncccc1CN1CCN(CC(F)(F)F)CC1. The first kappa shape index (κ1) is 15.7. The minimum Gasteiger partial charge on any atom is -0.382 e. The number of piperazine rings is 1. The molecule has 1 saturated heterocycles. The summed E-state index contributed by atoms with van der Waals surface area (Å²) in [6.45, 7) is 1.57. The van der Waals surface area contributed by atoms with Crippen LogP contribution in [-0.4, -0.2) is 59.5 Å². The van der Waals surface area contributed by atoms with E-state index >= 15 is 0 Å². The lowest BCUT2D eigenvalue weighted by atomic mass is 10.1. The molecule has 0 aromatic carbocycles. The Morgan fingerprint density at radius 1 is 1.24 bits per heavy atom. The molecule has 0 radical (unpaired) electrons. The minimum atomic E-state index is -4.15. The number of hydrogen-bond donors (Lipinski definition) is 2. The molecule has 1 aliphatic heterocycles. The van der Waals surface area contributed by atoms with E-state index in [4.69, 9.17) is 11.1 Å². The summed E-state index contributed by atoms with van der Waals surface area (Å²) in [5, 5.41) is 7.49. The van der Waals surface area contributed by atoms with E-state index in [-0.39, 0.29) is 5.84 Å². The number of hydrogen-bond acceptors (Lipinski definition) is 4. The zero-order valence-electron chi connectivity index (χ0n) is 11.5. The number of nitrogen functional groups attached to an aromatic ring is 1. The van der Waals surface area contributed by atoms with Crippen molar-refractivity contribution in [3.63, 3.8) is 0 Å². The summed E-state index contributed by atoms with van der Waals surface area (Å²) < 4.78 is 37.0. The first-order valence-corrected chi connectivity index (χ1v) is 6.65. The molecule has 0 bridgehead atoms. The third-order valence-corrected chi connectivity index (χ3v) is 3.41. The number of nitrogens with one attached hydrogen (secondary N) is 1. The number of aromatic nitrogens is 1. The van der Waals surface area contributed by atoms with Gasteiger partial charge in [0.15, 0.2) is 0 Å². The molecule has 3 N–H and O–H groups in total. The molecule has 5 nitrogen and oxygen atoms in total. The van der Waals surface area contributed by atoms with Crippen LogP contribution in [0.2, 0.25) is 0 Å². The lowest BCUT2D eigenvalue weighted by Gasteiger charge is -2.35. The fraction of sp³-hybridized carbons (Fsp3) is 0.538. The van der Waals surface area contributed by atoms with Crippen molar-refractivity contribution in [2.45, 2.75) is 12.7 Å². The van der Waals surface area contributed by atoms with Crippen LogP contribution in [-0.2, 0) is 6.54 Å². The third-order valence-electron chi connectivity index (χ3n) is 3.41. The van der Waals surface area contributed by atoms with Crippen molar-refractivity contribution < 1.29 is 13.2 Å². The molecule has 0 saturated carbocycles. The Bertz CT molecular complexity index is 495. The summed E-state index contributed by atoms with van der Waals surface area (Å²) in [5.41, 5.74) is 6.75. The lowest BCUT2D eigenvalue weighted by molar-refractivity contribution is -0.149. The molecule has 0 atom stereocenters. The van der Waals surface area contributed by atoms with Crippen molar-refractivity contribution in [3.8, 4) is 0 Å². The summed E-state index contributed by atoms with van der Waals surface area (Å²) >= 11 is 0. The summed E-state index contributed by atoms with van der Waals surface area (Å²) in [7, 11) is 0. The van der Waals surface area contributed by atoms with Gasteiger partial charge in [0, 0.05) is 38.9 Å². The number of amidine groups is 1. The Balaban J connectivity index is 1.91. The standard InChI is InChI=1S/C13H18F3N5/c14-13(15,16)9-21-6-4-20(5-7-21)8-10-2-1-3-19-11(10)12(17)18/h1-3H,4-9H2,(H3,17,18). The van der Waals surface area contributed by atoms with Crippen molar-refractivity contribution in [1.82, 2.24) is 14.8 Å². The molecule has 8 heteroatoms. The molecule has 2 rings (SSSR count). The van der Waals surface area contributed by atoms with E-state index in [9.17, 15) is 13.2 Å². The molecule has 2 heterocycles. The van der Waals surface area contributed by atoms with Gasteiger partial charge in [-0.3, -0.25) is 20.2 Å². The lowest BCUT2D eigenvalue weighted by Crippen LogP contribution is -2.48. The smallest absolute Gasteiger partial charge is 0.382 e. The van der Waals surface area contributed by atoms with Crippen LogP contribution in [0.4, 0.5) is 13.2 Å². The van der Waals surface area contributed by atoms with E-state index in [1.807, 2.05) is 6.07 Å². The highest BCUT2D eigenvalue weighted by molar-refractivity contribution is 5.94. The van der Waals surface area contributed by atoms with Crippen molar-refractivity contribution in [2.24, 2.45) is 5.73 Å². The van der Waals surface area contributed by atoms with E-state index in [0.29, 0.717) is 38.4 Å². The zero-order valence-corrected chi connectivity index (χ0v) is 11.5. The van der Waals surface area contributed by atoms with Crippen LogP contribution in [0.25, 0.3) is 0 Å². The Kier molecular flexibility index (Phi) is 4.79. The Morgan fingerprint density at radius 3 is 2.43 bits per heavy atom. The van der Waals surface area contributed by atoms with E-state index in [0.717, 1.165) is 5.56 Å². The third kappa shape index (κ3) is 4.68. The van der Waals surface area contributed by atoms with Gasteiger partial charge >= 0.3 is 6.18 Å². The molecule has 0 aliphatic carbocycles. The molecule has 0 unspecified atom stereocenters. The Labute approximate surface area is 121 Å². The summed E-state index contributed by atoms with van der Waals surface area (Å²) in [4.78, 5) is 7.53. The van der Waals surface area contributed by atoms with Crippen molar-refractivity contribution in [3.05, 3.63) is 29.6 Å². The van der Waals surface area contributed by atoms with Crippen LogP contribution in [0.5, 0.6) is 0 Å². The van der Waals surface area contributed by atoms with Gasteiger partial charge in [-0.05, 0) is 11.6 Å². The molecule has 116 valence electrons. The highest BCUT2D eigenvalue weighted by Gasteiger charge is 2.32. The molecular weight excluding hydrogens is 283 g/mol. The molecule has 1 aromatic heterocycles. The van der Waals surface area contributed by atoms with Gasteiger partial charge in [-0.25, -0.2) is 0 Å². The van der Waals surface area contributed by atoms with Crippen LogP contribution in [0.1, 0.15) is 11.3 Å². The number of halogens is 3. The largest absolute Gasteiger partial charge is 0.401 e. The second-order valence-electron chi connectivity index (χ2n) is 5.09. The Hall–Kier alpha value is -1.67. The van der Waals surface area contributed by atoms with Crippen molar-refractivity contribution in [2.75, 3.05) is 32.7 Å². The fourth-order valence-corrected chi connectivity index (χ4v) is 2.41. The number of rotatable bonds is 4. The molecule has 1 fully saturated rings. The van der Waals surface area contributed by atoms with Crippen LogP contribution in [0.3, 0.4) is 0 Å². The van der Waals surface area contributed by atoms with E-state index < -0.39 is 12.7 Å². The molecule has 21 heavy (non-hydrogen) atoms. The molecule has 1 aliphatic rings. The van der Waals surface area contributed by atoms with Gasteiger partial charge in [0.2, 0.25) is 0 Å². The van der Waals surface area contributed by atoms with Gasteiger partial charge in [0.05, 0.1) is 6.54 Å². The second-order valence-corrected chi connectivity index (χ2v) is 5.09. The average molecular weight is 301 g/mol. The quantitative estimate of drug-likeness (QED) is 0.644. The zero-order chi connectivity index (χ0) is 15.5. The van der Waals surface area contributed by atoms with Gasteiger partial charge < -0.3 is 5.73 Å². The van der Waals surface area contributed by atoms with Crippen LogP contribution in [0.15, 0.2) is 18.3 Å². The first-order valence-electron chi connectivity index (χ1n) is 6.65. The monoisotopic (exact) mass is 301 g/mol. The van der Waals surface area contributed by atoms with Crippen LogP contribution < -0.4 is 5.73 Å². The maximum absolute atomic E-state index is 12.3.